The molecule has 0 saturated heterocycles. The Balaban J connectivity index is 1.82. The summed E-state index contributed by atoms with van der Waals surface area (Å²) < 4.78 is 14.0. The molecule has 16 heavy (non-hydrogen) atoms. The Bertz CT molecular complexity index is 348. The standard InChI is InChI=1S/C13H17BrFN/c14-13-6-5-12(15)7-11(13)9-16-8-10-3-1-2-4-10/h5-7,10,16H,1-4,8-9H2. The molecular weight excluding hydrogens is 269 g/mol. The second kappa shape index (κ2) is 5.78. The number of nitrogens with one attached hydrogen (secondary N) is 1. The molecule has 1 saturated carbocycles. The van der Waals surface area contributed by atoms with E-state index in [1.165, 1.54) is 31.7 Å². The number of halogens is 2. The van der Waals surface area contributed by atoms with Crippen LogP contribution in [0.1, 0.15) is 31.2 Å². The summed E-state index contributed by atoms with van der Waals surface area (Å²) in [5.74, 6) is 0.660. The number of rotatable bonds is 4. The maximum atomic E-state index is 13.0. The molecule has 0 amide bonds. The third kappa shape index (κ3) is 3.29. The monoisotopic (exact) mass is 285 g/mol. The zero-order valence-electron chi connectivity index (χ0n) is 9.31. The van der Waals surface area contributed by atoms with Gasteiger partial charge in [-0.3, -0.25) is 0 Å². The highest BCUT2D eigenvalue weighted by atomic mass is 79.9. The van der Waals surface area contributed by atoms with Crippen molar-refractivity contribution in [3.8, 4) is 0 Å². The van der Waals surface area contributed by atoms with E-state index in [0.29, 0.717) is 0 Å². The van der Waals surface area contributed by atoms with Gasteiger partial charge in [-0.05, 0) is 49.1 Å². The van der Waals surface area contributed by atoms with E-state index in [1.807, 2.05) is 0 Å². The third-order valence-corrected chi connectivity index (χ3v) is 4.00. The highest BCUT2D eigenvalue weighted by Crippen LogP contribution is 2.24. The van der Waals surface area contributed by atoms with Gasteiger partial charge in [-0.15, -0.1) is 0 Å². The highest BCUT2D eigenvalue weighted by Gasteiger charge is 2.14. The fourth-order valence-electron chi connectivity index (χ4n) is 2.30. The minimum absolute atomic E-state index is 0.166. The van der Waals surface area contributed by atoms with Gasteiger partial charge in [-0.1, -0.05) is 28.8 Å². The van der Waals surface area contributed by atoms with Crippen LogP contribution in [0.2, 0.25) is 0 Å². The minimum atomic E-state index is -0.166. The molecule has 0 unspecified atom stereocenters. The van der Waals surface area contributed by atoms with Crippen LogP contribution in [0.5, 0.6) is 0 Å². The first-order valence-corrected chi connectivity index (χ1v) is 6.69. The summed E-state index contributed by atoms with van der Waals surface area (Å²) >= 11 is 3.44. The third-order valence-electron chi connectivity index (χ3n) is 3.23. The van der Waals surface area contributed by atoms with Gasteiger partial charge in [-0.25, -0.2) is 4.39 Å². The molecule has 1 nitrogen and oxygen atoms in total. The maximum Gasteiger partial charge on any atom is 0.123 e. The Morgan fingerprint density at radius 3 is 2.81 bits per heavy atom. The van der Waals surface area contributed by atoms with Gasteiger partial charge < -0.3 is 5.32 Å². The average Bonchev–Trinajstić information content (AvgIpc) is 2.76. The first-order valence-electron chi connectivity index (χ1n) is 5.90. The predicted molar refractivity (Wildman–Crippen MR) is 67.8 cm³/mol. The Hall–Kier alpha value is -0.410. The van der Waals surface area contributed by atoms with Crippen LogP contribution in [0.25, 0.3) is 0 Å². The fraction of sp³-hybridized carbons (Fsp3) is 0.538. The van der Waals surface area contributed by atoms with Gasteiger partial charge >= 0.3 is 0 Å². The second-order valence-electron chi connectivity index (χ2n) is 4.52. The van der Waals surface area contributed by atoms with Crippen molar-refractivity contribution in [1.82, 2.24) is 5.32 Å². The highest BCUT2D eigenvalue weighted by molar-refractivity contribution is 9.10. The molecule has 0 aliphatic heterocycles. The summed E-state index contributed by atoms with van der Waals surface area (Å²) in [6.45, 7) is 1.80. The van der Waals surface area contributed by atoms with Gasteiger partial charge in [0.05, 0.1) is 0 Å². The molecule has 0 spiro atoms. The van der Waals surface area contributed by atoms with E-state index in [9.17, 15) is 4.39 Å². The Morgan fingerprint density at radius 1 is 1.31 bits per heavy atom. The molecule has 2 rings (SSSR count). The van der Waals surface area contributed by atoms with Gasteiger partial charge in [-0.2, -0.15) is 0 Å². The van der Waals surface area contributed by atoms with Crippen molar-refractivity contribution < 1.29 is 4.39 Å². The van der Waals surface area contributed by atoms with Crippen LogP contribution in [-0.2, 0) is 6.54 Å². The van der Waals surface area contributed by atoms with Gasteiger partial charge in [0.25, 0.3) is 0 Å². The summed E-state index contributed by atoms with van der Waals surface area (Å²) in [4.78, 5) is 0. The van der Waals surface area contributed by atoms with Crippen LogP contribution in [0.4, 0.5) is 4.39 Å². The van der Waals surface area contributed by atoms with Crippen molar-refractivity contribution in [2.24, 2.45) is 5.92 Å². The summed E-state index contributed by atoms with van der Waals surface area (Å²) in [6, 6.07) is 4.83. The van der Waals surface area contributed by atoms with Crippen molar-refractivity contribution in [3.63, 3.8) is 0 Å². The number of hydrogen-bond acceptors (Lipinski definition) is 1. The Morgan fingerprint density at radius 2 is 2.06 bits per heavy atom. The van der Waals surface area contributed by atoms with E-state index in [0.717, 1.165) is 29.0 Å². The first-order chi connectivity index (χ1) is 7.75. The molecule has 0 bridgehead atoms. The molecule has 88 valence electrons. The fourth-order valence-corrected chi connectivity index (χ4v) is 2.69. The Kier molecular flexibility index (Phi) is 4.36. The smallest absolute Gasteiger partial charge is 0.123 e. The zero-order chi connectivity index (χ0) is 11.4. The molecular formula is C13H17BrFN. The van der Waals surface area contributed by atoms with Crippen LogP contribution < -0.4 is 5.32 Å². The molecule has 0 aromatic heterocycles. The molecule has 1 fully saturated rings. The molecule has 0 radical (unpaired) electrons. The van der Waals surface area contributed by atoms with Crippen LogP contribution in [0.3, 0.4) is 0 Å². The number of hydrogen-bond donors (Lipinski definition) is 1. The quantitative estimate of drug-likeness (QED) is 0.886. The summed E-state index contributed by atoms with van der Waals surface area (Å²) in [7, 11) is 0. The van der Waals surface area contributed by atoms with E-state index >= 15 is 0 Å². The summed E-state index contributed by atoms with van der Waals surface area (Å²) in [5, 5.41) is 3.42. The zero-order valence-corrected chi connectivity index (χ0v) is 10.9. The Labute approximate surface area is 105 Å². The van der Waals surface area contributed by atoms with Crippen molar-refractivity contribution >= 4 is 15.9 Å². The normalized spacial score (nSPS) is 16.9. The van der Waals surface area contributed by atoms with E-state index in [4.69, 9.17) is 0 Å². The molecule has 1 aliphatic carbocycles. The van der Waals surface area contributed by atoms with Crippen LogP contribution in [-0.4, -0.2) is 6.54 Å². The van der Waals surface area contributed by atoms with Crippen molar-refractivity contribution in [3.05, 3.63) is 34.1 Å². The number of benzene rings is 1. The first kappa shape index (κ1) is 12.1. The lowest BCUT2D eigenvalue weighted by atomic mass is 10.1. The minimum Gasteiger partial charge on any atom is -0.312 e. The summed E-state index contributed by atoms with van der Waals surface area (Å²) in [5.41, 5.74) is 0.998. The molecule has 1 N–H and O–H groups in total. The van der Waals surface area contributed by atoms with E-state index in [-0.39, 0.29) is 5.82 Å². The van der Waals surface area contributed by atoms with Gasteiger partial charge in [0.1, 0.15) is 5.82 Å². The lowest BCUT2D eigenvalue weighted by Gasteiger charge is -2.11. The van der Waals surface area contributed by atoms with Gasteiger partial charge in [0.2, 0.25) is 0 Å². The molecule has 0 heterocycles. The predicted octanol–water partition coefficient (Wildman–Crippen LogP) is 3.87. The van der Waals surface area contributed by atoms with Crippen molar-refractivity contribution in [2.75, 3.05) is 6.54 Å². The average molecular weight is 286 g/mol. The van der Waals surface area contributed by atoms with Crippen LogP contribution in [0, 0.1) is 11.7 Å². The molecule has 1 aromatic rings. The lowest BCUT2D eigenvalue weighted by molar-refractivity contribution is 0.488. The topological polar surface area (TPSA) is 12.0 Å². The molecule has 1 aliphatic rings. The molecule has 0 atom stereocenters. The lowest BCUT2D eigenvalue weighted by Crippen LogP contribution is -2.20. The van der Waals surface area contributed by atoms with Gasteiger partial charge in [0, 0.05) is 11.0 Å². The van der Waals surface area contributed by atoms with E-state index in [1.54, 1.807) is 12.1 Å². The van der Waals surface area contributed by atoms with E-state index < -0.39 is 0 Å². The second-order valence-corrected chi connectivity index (χ2v) is 5.37. The maximum absolute atomic E-state index is 13.0. The SMILES string of the molecule is Fc1ccc(Br)c(CNCC2CCCC2)c1. The van der Waals surface area contributed by atoms with E-state index in [2.05, 4.69) is 21.2 Å². The van der Waals surface area contributed by atoms with Crippen LogP contribution in [0.15, 0.2) is 22.7 Å². The van der Waals surface area contributed by atoms with Crippen LogP contribution >= 0.6 is 15.9 Å². The molecule has 3 heteroatoms. The molecule has 1 aromatic carbocycles. The van der Waals surface area contributed by atoms with Crippen molar-refractivity contribution in [1.29, 1.82) is 0 Å². The van der Waals surface area contributed by atoms with Gasteiger partial charge in [0.15, 0.2) is 0 Å². The largest absolute Gasteiger partial charge is 0.312 e. The summed E-state index contributed by atoms with van der Waals surface area (Å²) in [6.07, 6.45) is 5.43. The van der Waals surface area contributed by atoms with Crippen molar-refractivity contribution in [2.45, 2.75) is 32.2 Å².